The molecule has 6 heteroatoms. The number of nitrogens with one attached hydrogen (secondary N) is 2. The van der Waals surface area contributed by atoms with Crippen molar-refractivity contribution < 1.29 is 18.7 Å². The Morgan fingerprint density at radius 2 is 1.97 bits per heavy atom. The standard InChI is InChI=1S/C23H28N2O4/c1-2-28-20-15-19(23(20)11-4-3-5-12-23)25-21(26)16-8-6-9-17(14-16)24-22(27)18-10-7-13-29-18/h6-10,13-14,19-20H,2-5,11-12,15H2,1H3,(H,24,27)(H,25,26). The molecule has 1 spiro atoms. The lowest BCUT2D eigenvalue weighted by atomic mass is 9.55. The van der Waals surface area contributed by atoms with Crippen LogP contribution in [0.15, 0.2) is 47.1 Å². The Hall–Kier alpha value is -2.60. The summed E-state index contributed by atoms with van der Waals surface area (Å²) in [5.41, 5.74) is 1.18. The predicted octanol–water partition coefficient (Wildman–Crippen LogP) is 4.39. The summed E-state index contributed by atoms with van der Waals surface area (Å²) in [4.78, 5) is 25.1. The summed E-state index contributed by atoms with van der Waals surface area (Å²) in [7, 11) is 0. The average Bonchev–Trinajstić information content (AvgIpc) is 3.29. The Bertz CT molecular complexity index is 856. The van der Waals surface area contributed by atoms with E-state index in [0.29, 0.717) is 17.9 Å². The fraction of sp³-hybridized carbons (Fsp3) is 0.478. The molecule has 2 atom stereocenters. The van der Waals surface area contributed by atoms with Gasteiger partial charge in [0.2, 0.25) is 0 Å². The van der Waals surface area contributed by atoms with Gasteiger partial charge in [0.05, 0.1) is 12.4 Å². The molecule has 2 N–H and O–H groups in total. The molecule has 2 aromatic rings. The second-order valence-corrected chi connectivity index (χ2v) is 8.01. The van der Waals surface area contributed by atoms with E-state index >= 15 is 0 Å². The minimum Gasteiger partial charge on any atom is -0.459 e. The molecule has 0 aliphatic heterocycles. The zero-order valence-electron chi connectivity index (χ0n) is 16.8. The number of benzene rings is 1. The van der Waals surface area contributed by atoms with Gasteiger partial charge in [0.25, 0.3) is 11.8 Å². The summed E-state index contributed by atoms with van der Waals surface area (Å²) in [6.07, 6.45) is 8.45. The number of furan rings is 1. The minimum atomic E-state index is -0.340. The van der Waals surface area contributed by atoms with E-state index in [4.69, 9.17) is 9.15 Å². The van der Waals surface area contributed by atoms with E-state index in [0.717, 1.165) is 19.3 Å². The van der Waals surface area contributed by atoms with Crippen LogP contribution in [0.25, 0.3) is 0 Å². The van der Waals surface area contributed by atoms with Crippen molar-refractivity contribution in [2.24, 2.45) is 5.41 Å². The number of carbonyl (C=O) groups excluding carboxylic acids is 2. The lowest BCUT2D eigenvalue weighted by Gasteiger charge is -2.57. The van der Waals surface area contributed by atoms with E-state index in [1.165, 1.54) is 25.5 Å². The van der Waals surface area contributed by atoms with E-state index in [-0.39, 0.29) is 35.1 Å². The molecule has 2 saturated carbocycles. The van der Waals surface area contributed by atoms with Crippen LogP contribution in [0.3, 0.4) is 0 Å². The number of rotatable bonds is 6. The Balaban J connectivity index is 1.43. The third-order valence-electron chi connectivity index (χ3n) is 6.37. The van der Waals surface area contributed by atoms with Crippen LogP contribution in [0.5, 0.6) is 0 Å². The number of amides is 2. The highest BCUT2D eigenvalue weighted by Crippen LogP contribution is 2.53. The molecular formula is C23H28N2O4. The third-order valence-corrected chi connectivity index (χ3v) is 6.37. The van der Waals surface area contributed by atoms with Crippen molar-refractivity contribution in [2.45, 2.75) is 57.6 Å². The summed E-state index contributed by atoms with van der Waals surface area (Å²) in [5, 5.41) is 6.01. The third kappa shape index (κ3) is 3.94. The molecule has 1 aromatic carbocycles. The zero-order chi connectivity index (χ0) is 20.3. The topological polar surface area (TPSA) is 80.6 Å². The predicted molar refractivity (Wildman–Crippen MR) is 110 cm³/mol. The molecule has 6 nitrogen and oxygen atoms in total. The first-order valence-electron chi connectivity index (χ1n) is 10.5. The molecule has 2 fully saturated rings. The molecule has 1 aromatic heterocycles. The Morgan fingerprint density at radius 1 is 1.14 bits per heavy atom. The van der Waals surface area contributed by atoms with E-state index in [1.807, 2.05) is 6.92 Å². The molecule has 0 saturated heterocycles. The van der Waals surface area contributed by atoms with Crippen molar-refractivity contribution in [3.05, 3.63) is 54.0 Å². The van der Waals surface area contributed by atoms with Crippen molar-refractivity contribution in [1.82, 2.24) is 5.32 Å². The molecular weight excluding hydrogens is 368 g/mol. The van der Waals surface area contributed by atoms with Crippen LogP contribution in [0.1, 0.15) is 66.4 Å². The fourth-order valence-corrected chi connectivity index (χ4v) is 4.85. The molecule has 29 heavy (non-hydrogen) atoms. The maximum atomic E-state index is 12.9. The van der Waals surface area contributed by atoms with E-state index in [9.17, 15) is 9.59 Å². The monoisotopic (exact) mass is 396 g/mol. The molecule has 2 amide bonds. The Labute approximate surface area is 171 Å². The number of hydrogen-bond donors (Lipinski definition) is 2. The molecule has 154 valence electrons. The van der Waals surface area contributed by atoms with Crippen molar-refractivity contribution in [3.8, 4) is 0 Å². The van der Waals surface area contributed by atoms with Crippen LogP contribution in [0, 0.1) is 5.41 Å². The van der Waals surface area contributed by atoms with Gasteiger partial charge in [0, 0.05) is 29.3 Å². The zero-order valence-corrected chi connectivity index (χ0v) is 16.8. The maximum Gasteiger partial charge on any atom is 0.291 e. The summed E-state index contributed by atoms with van der Waals surface area (Å²) in [6.45, 7) is 2.75. The van der Waals surface area contributed by atoms with Gasteiger partial charge < -0.3 is 19.8 Å². The van der Waals surface area contributed by atoms with Gasteiger partial charge in [0.1, 0.15) is 0 Å². The van der Waals surface area contributed by atoms with Crippen molar-refractivity contribution in [3.63, 3.8) is 0 Å². The van der Waals surface area contributed by atoms with Crippen LogP contribution < -0.4 is 10.6 Å². The number of carbonyl (C=O) groups is 2. The van der Waals surface area contributed by atoms with Crippen LogP contribution in [-0.2, 0) is 4.74 Å². The van der Waals surface area contributed by atoms with Crippen LogP contribution in [0.2, 0.25) is 0 Å². The summed E-state index contributed by atoms with van der Waals surface area (Å²) < 4.78 is 11.1. The average molecular weight is 396 g/mol. The van der Waals surface area contributed by atoms with E-state index < -0.39 is 0 Å². The second kappa shape index (κ2) is 8.41. The molecule has 2 aliphatic carbocycles. The highest BCUT2D eigenvalue weighted by atomic mass is 16.5. The molecule has 1 heterocycles. The van der Waals surface area contributed by atoms with Crippen molar-refractivity contribution >= 4 is 17.5 Å². The summed E-state index contributed by atoms with van der Waals surface area (Å²) >= 11 is 0. The highest BCUT2D eigenvalue weighted by molar-refractivity contribution is 6.03. The maximum absolute atomic E-state index is 12.9. The number of ether oxygens (including phenoxy) is 1. The van der Waals surface area contributed by atoms with Gasteiger partial charge in [-0.1, -0.05) is 25.3 Å². The Morgan fingerprint density at radius 3 is 2.69 bits per heavy atom. The highest BCUT2D eigenvalue weighted by Gasteiger charge is 2.56. The van der Waals surface area contributed by atoms with Gasteiger partial charge in [-0.25, -0.2) is 0 Å². The molecule has 0 radical (unpaired) electrons. The molecule has 0 bridgehead atoms. The van der Waals surface area contributed by atoms with E-state index in [1.54, 1.807) is 36.4 Å². The normalized spacial score (nSPS) is 22.7. The molecule has 2 unspecified atom stereocenters. The van der Waals surface area contributed by atoms with Crippen LogP contribution >= 0.6 is 0 Å². The largest absolute Gasteiger partial charge is 0.459 e. The lowest BCUT2D eigenvalue weighted by molar-refractivity contribution is -0.146. The quantitative estimate of drug-likeness (QED) is 0.759. The lowest BCUT2D eigenvalue weighted by Crippen LogP contribution is -2.65. The Kier molecular flexibility index (Phi) is 5.72. The van der Waals surface area contributed by atoms with Crippen LogP contribution in [0.4, 0.5) is 5.69 Å². The number of hydrogen-bond acceptors (Lipinski definition) is 4. The van der Waals surface area contributed by atoms with Crippen molar-refractivity contribution in [2.75, 3.05) is 11.9 Å². The molecule has 2 aliphatic rings. The van der Waals surface area contributed by atoms with Crippen molar-refractivity contribution in [1.29, 1.82) is 0 Å². The summed E-state index contributed by atoms with van der Waals surface area (Å²) in [6, 6.07) is 10.4. The van der Waals surface area contributed by atoms with Gasteiger partial charge in [-0.05, 0) is 56.5 Å². The minimum absolute atomic E-state index is 0.0784. The smallest absolute Gasteiger partial charge is 0.291 e. The summed E-state index contributed by atoms with van der Waals surface area (Å²) in [5.74, 6) is -0.216. The first-order chi connectivity index (χ1) is 14.1. The van der Waals surface area contributed by atoms with Gasteiger partial charge in [0.15, 0.2) is 5.76 Å². The van der Waals surface area contributed by atoms with Gasteiger partial charge in [-0.2, -0.15) is 0 Å². The number of anilines is 1. The first-order valence-corrected chi connectivity index (χ1v) is 10.5. The van der Waals surface area contributed by atoms with Gasteiger partial charge >= 0.3 is 0 Å². The van der Waals surface area contributed by atoms with Crippen LogP contribution in [-0.4, -0.2) is 30.6 Å². The van der Waals surface area contributed by atoms with Gasteiger partial charge in [-0.15, -0.1) is 0 Å². The first kappa shape index (κ1) is 19.7. The molecule has 4 rings (SSSR count). The van der Waals surface area contributed by atoms with E-state index in [2.05, 4.69) is 10.6 Å². The second-order valence-electron chi connectivity index (χ2n) is 8.01. The SMILES string of the molecule is CCOC1CC(NC(=O)c2cccc(NC(=O)c3ccco3)c2)C12CCCCC2. The fourth-order valence-electron chi connectivity index (χ4n) is 4.85. The van der Waals surface area contributed by atoms with Gasteiger partial charge in [-0.3, -0.25) is 9.59 Å².